The summed E-state index contributed by atoms with van der Waals surface area (Å²) in [6, 6.07) is 6.88. The third kappa shape index (κ3) is 5.55. The van der Waals surface area contributed by atoms with Gasteiger partial charge in [-0.1, -0.05) is 32.0 Å². The minimum Gasteiger partial charge on any atom is -0.465 e. The lowest BCUT2D eigenvalue weighted by Crippen LogP contribution is -2.43. The molecule has 5 nitrogen and oxygen atoms in total. The van der Waals surface area contributed by atoms with Gasteiger partial charge in [-0.15, -0.1) is 0 Å². The molecule has 1 amide bonds. The molecule has 0 aliphatic rings. The molecule has 1 aromatic carbocycles. The van der Waals surface area contributed by atoms with Crippen LogP contribution in [-0.4, -0.2) is 31.6 Å². The van der Waals surface area contributed by atoms with Gasteiger partial charge in [-0.3, -0.25) is 4.79 Å². The van der Waals surface area contributed by atoms with Crippen LogP contribution in [0.4, 0.5) is 0 Å². The monoisotopic (exact) mass is 292 g/mol. The van der Waals surface area contributed by atoms with Crippen molar-refractivity contribution in [2.75, 3.05) is 13.7 Å². The minimum absolute atomic E-state index is 0.0424. The molecule has 0 radical (unpaired) electrons. The van der Waals surface area contributed by atoms with Crippen LogP contribution in [-0.2, 0) is 16.1 Å². The molecular formula is C16H24N2O3. The molecule has 1 rings (SSSR count). The Labute approximate surface area is 126 Å². The molecule has 5 heteroatoms. The first-order valence-electron chi connectivity index (χ1n) is 7.13. The van der Waals surface area contributed by atoms with Gasteiger partial charge in [0.25, 0.3) is 0 Å². The maximum atomic E-state index is 11.9. The number of carbonyl (C=O) groups is 2. The molecule has 0 aromatic heterocycles. The van der Waals surface area contributed by atoms with Crippen molar-refractivity contribution >= 4 is 11.9 Å². The van der Waals surface area contributed by atoms with Gasteiger partial charge in [0.2, 0.25) is 5.91 Å². The maximum absolute atomic E-state index is 11.9. The standard InChI is InChI=1S/C16H24N2O3/c1-11(2)9-18-15(19)12(3)17-10-13-7-5-6-8-14(13)16(20)21-4/h5-8,11-12,17H,9-10H2,1-4H3,(H,18,19). The van der Waals surface area contributed by atoms with Crippen LogP contribution in [0, 0.1) is 5.92 Å². The first-order chi connectivity index (χ1) is 9.95. The van der Waals surface area contributed by atoms with Crippen LogP contribution in [0.2, 0.25) is 0 Å². The smallest absolute Gasteiger partial charge is 0.338 e. The van der Waals surface area contributed by atoms with E-state index in [4.69, 9.17) is 4.74 Å². The molecular weight excluding hydrogens is 268 g/mol. The molecule has 116 valence electrons. The number of hydrogen-bond acceptors (Lipinski definition) is 4. The van der Waals surface area contributed by atoms with Crippen molar-refractivity contribution in [3.63, 3.8) is 0 Å². The van der Waals surface area contributed by atoms with Gasteiger partial charge in [0, 0.05) is 13.1 Å². The number of amides is 1. The summed E-state index contributed by atoms with van der Waals surface area (Å²) in [6.45, 7) is 6.98. The summed E-state index contributed by atoms with van der Waals surface area (Å²) in [5.41, 5.74) is 1.33. The zero-order chi connectivity index (χ0) is 15.8. The normalized spacial score (nSPS) is 12.0. The van der Waals surface area contributed by atoms with E-state index in [0.717, 1.165) is 5.56 Å². The fourth-order valence-corrected chi connectivity index (χ4v) is 1.80. The second kappa shape index (κ2) is 8.42. The van der Waals surface area contributed by atoms with E-state index in [1.807, 2.05) is 26.0 Å². The SMILES string of the molecule is COC(=O)c1ccccc1CNC(C)C(=O)NCC(C)C. The van der Waals surface area contributed by atoms with E-state index in [1.54, 1.807) is 19.1 Å². The highest BCUT2D eigenvalue weighted by Gasteiger charge is 2.15. The fraction of sp³-hybridized carbons (Fsp3) is 0.500. The number of methoxy groups -OCH3 is 1. The second-order valence-electron chi connectivity index (χ2n) is 5.39. The largest absolute Gasteiger partial charge is 0.465 e. The highest BCUT2D eigenvalue weighted by atomic mass is 16.5. The Morgan fingerprint density at radius 3 is 2.48 bits per heavy atom. The zero-order valence-electron chi connectivity index (χ0n) is 13.1. The lowest BCUT2D eigenvalue weighted by atomic mass is 10.1. The highest BCUT2D eigenvalue weighted by Crippen LogP contribution is 2.10. The summed E-state index contributed by atoms with van der Waals surface area (Å²) in [5, 5.41) is 6.00. The van der Waals surface area contributed by atoms with Crippen molar-refractivity contribution in [1.29, 1.82) is 0 Å². The number of esters is 1. The Bertz CT molecular complexity index is 486. The lowest BCUT2D eigenvalue weighted by Gasteiger charge is -2.16. The maximum Gasteiger partial charge on any atom is 0.338 e. The number of ether oxygens (including phenoxy) is 1. The Hall–Kier alpha value is -1.88. The fourth-order valence-electron chi connectivity index (χ4n) is 1.80. The van der Waals surface area contributed by atoms with Crippen LogP contribution in [0.15, 0.2) is 24.3 Å². The van der Waals surface area contributed by atoms with Crippen LogP contribution >= 0.6 is 0 Å². The van der Waals surface area contributed by atoms with Gasteiger partial charge in [-0.05, 0) is 24.5 Å². The van der Waals surface area contributed by atoms with Gasteiger partial charge in [-0.25, -0.2) is 4.79 Å². The first kappa shape index (κ1) is 17.2. The predicted molar refractivity (Wildman–Crippen MR) is 81.9 cm³/mol. The van der Waals surface area contributed by atoms with E-state index >= 15 is 0 Å². The molecule has 0 aliphatic heterocycles. The number of rotatable bonds is 7. The summed E-state index contributed by atoms with van der Waals surface area (Å²) in [6.07, 6.45) is 0. The Morgan fingerprint density at radius 1 is 1.19 bits per heavy atom. The molecule has 0 aliphatic carbocycles. The number of carbonyl (C=O) groups excluding carboxylic acids is 2. The minimum atomic E-state index is -0.371. The molecule has 2 N–H and O–H groups in total. The quantitative estimate of drug-likeness (QED) is 0.751. The van der Waals surface area contributed by atoms with Crippen molar-refractivity contribution in [2.45, 2.75) is 33.4 Å². The number of nitrogens with one attached hydrogen (secondary N) is 2. The summed E-state index contributed by atoms with van der Waals surface area (Å²) in [4.78, 5) is 23.5. The molecule has 1 unspecified atom stereocenters. The van der Waals surface area contributed by atoms with E-state index in [2.05, 4.69) is 10.6 Å². The Kier molecular flexibility index (Phi) is 6.88. The first-order valence-corrected chi connectivity index (χ1v) is 7.13. The second-order valence-corrected chi connectivity index (χ2v) is 5.39. The lowest BCUT2D eigenvalue weighted by molar-refractivity contribution is -0.122. The van der Waals surface area contributed by atoms with Gasteiger partial charge in [-0.2, -0.15) is 0 Å². The van der Waals surface area contributed by atoms with Crippen LogP contribution in [0.5, 0.6) is 0 Å². The molecule has 0 fully saturated rings. The van der Waals surface area contributed by atoms with Gasteiger partial charge in [0.05, 0.1) is 18.7 Å². The van der Waals surface area contributed by atoms with Gasteiger partial charge in [0.1, 0.15) is 0 Å². The number of benzene rings is 1. The van der Waals surface area contributed by atoms with E-state index in [-0.39, 0.29) is 17.9 Å². The van der Waals surface area contributed by atoms with E-state index in [9.17, 15) is 9.59 Å². The Morgan fingerprint density at radius 2 is 1.86 bits per heavy atom. The summed E-state index contributed by atoms with van der Waals surface area (Å²) < 4.78 is 4.75. The van der Waals surface area contributed by atoms with E-state index in [1.165, 1.54) is 7.11 Å². The average Bonchev–Trinajstić information content (AvgIpc) is 2.49. The van der Waals surface area contributed by atoms with Crippen molar-refractivity contribution in [2.24, 2.45) is 5.92 Å². The zero-order valence-corrected chi connectivity index (χ0v) is 13.1. The third-order valence-electron chi connectivity index (χ3n) is 3.10. The molecule has 1 atom stereocenters. The molecule has 21 heavy (non-hydrogen) atoms. The van der Waals surface area contributed by atoms with Crippen LogP contribution in [0.1, 0.15) is 36.7 Å². The topological polar surface area (TPSA) is 67.4 Å². The van der Waals surface area contributed by atoms with Crippen LogP contribution in [0.25, 0.3) is 0 Å². The number of hydrogen-bond donors (Lipinski definition) is 2. The predicted octanol–water partition coefficient (Wildman–Crippen LogP) is 1.72. The third-order valence-corrected chi connectivity index (χ3v) is 3.10. The summed E-state index contributed by atoms with van der Waals surface area (Å²) >= 11 is 0. The van der Waals surface area contributed by atoms with E-state index in [0.29, 0.717) is 24.6 Å². The van der Waals surface area contributed by atoms with Crippen molar-refractivity contribution < 1.29 is 14.3 Å². The van der Waals surface area contributed by atoms with Crippen molar-refractivity contribution in [3.8, 4) is 0 Å². The summed E-state index contributed by atoms with van der Waals surface area (Å²) in [5.74, 6) is 0.00441. The van der Waals surface area contributed by atoms with E-state index < -0.39 is 0 Å². The van der Waals surface area contributed by atoms with Gasteiger partial charge in [0.15, 0.2) is 0 Å². The van der Waals surface area contributed by atoms with Crippen molar-refractivity contribution in [1.82, 2.24) is 10.6 Å². The van der Waals surface area contributed by atoms with Gasteiger partial charge >= 0.3 is 5.97 Å². The highest BCUT2D eigenvalue weighted by molar-refractivity contribution is 5.91. The van der Waals surface area contributed by atoms with Crippen LogP contribution in [0.3, 0.4) is 0 Å². The molecule has 0 heterocycles. The van der Waals surface area contributed by atoms with Gasteiger partial charge < -0.3 is 15.4 Å². The summed E-state index contributed by atoms with van der Waals surface area (Å²) in [7, 11) is 1.36. The molecule has 0 saturated carbocycles. The molecule has 0 bridgehead atoms. The Balaban J connectivity index is 2.59. The molecule has 0 spiro atoms. The van der Waals surface area contributed by atoms with Crippen LogP contribution < -0.4 is 10.6 Å². The molecule has 0 saturated heterocycles. The molecule has 1 aromatic rings. The average molecular weight is 292 g/mol. The van der Waals surface area contributed by atoms with Crippen molar-refractivity contribution in [3.05, 3.63) is 35.4 Å².